The number of rotatable bonds is 3. The molecule has 5 aromatic rings. The van der Waals surface area contributed by atoms with E-state index in [1.165, 1.54) is 0 Å². The lowest BCUT2D eigenvalue weighted by molar-refractivity contribution is 0.748. The van der Waals surface area contributed by atoms with Gasteiger partial charge in [-0.2, -0.15) is 5.10 Å². The van der Waals surface area contributed by atoms with E-state index in [0.717, 1.165) is 27.6 Å². The van der Waals surface area contributed by atoms with E-state index in [0.29, 0.717) is 17.4 Å². The van der Waals surface area contributed by atoms with Crippen LogP contribution in [0.3, 0.4) is 0 Å². The molecule has 136 valence electrons. The van der Waals surface area contributed by atoms with E-state index in [2.05, 4.69) is 39.3 Å². The summed E-state index contributed by atoms with van der Waals surface area (Å²) in [4.78, 5) is 21.0. The monoisotopic (exact) mass is 367 g/mol. The van der Waals surface area contributed by atoms with Crippen molar-refractivity contribution in [3.63, 3.8) is 0 Å². The second-order valence-electron chi connectivity index (χ2n) is 6.84. The zero-order valence-corrected chi connectivity index (χ0v) is 15.3. The number of hydrogen-bond donors (Lipinski definition) is 0. The van der Waals surface area contributed by atoms with E-state index in [1.807, 2.05) is 36.1 Å². The van der Waals surface area contributed by atoms with Crippen LogP contribution >= 0.6 is 0 Å². The van der Waals surface area contributed by atoms with Crippen LogP contribution in [0.1, 0.15) is 5.56 Å². The fraction of sp³-hybridized carbons (Fsp3) is 0.0909. The summed E-state index contributed by atoms with van der Waals surface area (Å²) in [5, 5.41) is 6.11. The quantitative estimate of drug-likeness (QED) is 0.490. The first-order chi connectivity index (χ1) is 13.7. The van der Waals surface area contributed by atoms with E-state index < -0.39 is 0 Å². The number of aromatic nitrogens is 5. The summed E-state index contributed by atoms with van der Waals surface area (Å²) >= 11 is 0. The molecular formula is C22H17N5O. The highest BCUT2D eigenvalue weighted by molar-refractivity contribution is 5.84. The number of aryl methyl sites for hydroxylation is 1. The highest BCUT2D eigenvalue weighted by Crippen LogP contribution is 2.24. The van der Waals surface area contributed by atoms with Gasteiger partial charge in [0, 0.05) is 24.8 Å². The van der Waals surface area contributed by atoms with Crippen molar-refractivity contribution in [1.29, 1.82) is 0 Å². The topological polar surface area (TPSA) is 65.6 Å². The van der Waals surface area contributed by atoms with Crippen LogP contribution in [-0.2, 0) is 13.6 Å². The van der Waals surface area contributed by atoms with Gasteiger partial charge in [-0.3, -0.25) is 19.0 Å². The highest BCUT2D eigenvalue weighted by atomic mass is 16.1. The minimum Gasteiger partial charge on any atom is -0.294 e. The smallest absolute Gasteiger partial charge is 0.261 e. The minimum atomic E-state index is -0.0569. The van der Waals surface area contributed by atoms with Gasteiger partial charge in [-0.05, 0) is 34.9 Å². The van der Waals surface area contributed by atoms with Gasteiger partial charge in [-0.1, -0.05) is 30.3 Å². The first-order valence-electron chi connectivity index (χ1n) is 8.99. The Morgan fingerprint density at radius 3 is 2.64 bits per heavy atom. The Kier molecular flexibility index (Phi) is 3.76. The van der Waals surface area contributed by atoms with Crippen LogP contribution < -0.4 is 5.56 Å². The van der Waals surface area contributed by atoms with Crippen LogP contribution in [0.5, 0.6) is 0 Å². The highest BCUT2D eigenvalue weighted by Gasteiger charge is 2.06. The van der Waals surface area contributed by atoms with E-state index in [9.17, 15) is 4.79 Å². The lowest BCUT2D eigenvalue weighted by Gasteiger charge is -2.08. The van der Waals surface area contributed by atoms with Crippen molar-refractivity contribution in [1.82, 2.24) is 24.3 Å². The van der Waals surface area contributed by atoms with Gasteiger partial charge in [0.2, 0.25) is 0 Å². The fourth-order valence-electron chi connectivity index (χ4n) is 3.45. The molecule has 6 nitrogen and oxygen atoms in total. The lowest BCUT2D eigenvalue weighted by atomic mass is 10.0. The zero-order valence-electron chi connectivity index (χ0n) is 15.3. The number of benzene rings is 2. The predicted molar refractivity (Wildman–Crippen MR) is 109 cm³/mol. The van der Waals surface area contributed by atoms with Gasteiger partial charge in [0.15, 0.2) is 0 Å². The minimum absolute atomic E-state index is 0.0569. The van der Waals surface area contributed by atoms with Gasteiger partial charge >= 0.3 is 0 Å². The molecule has 5 rings (SSSR count). The van der Waals surface area contributed by atoms with Crippen molar-refractivity contribution in [3.8, 4) is 11.1 Å². The van der Waals surface area contributed by atoms with Crippen molar-refractivity contribution in [2.75, 3.05) is 0 Å². The van der Waals surface area contributed by atoms with Crippen molar-refractivity contribution in [2.24, 2.45) is 7.05 Å². The zero-order chi connectivity index (χ0) is 19.1. The van der Waals surface area contributed by atoms with Gasteiger partial charge < -0.3 is 0 Å². The largest absolute Gasteiger partial charge is 0.294 e. The number of fused-ring (bicyclic) bond motifs is 2. The Morgan fingerprint density at radius 1 is 0.964 bits per heavy atom. The SMILES string of the molecule is Cn1cc2cc(-c3ccc(Cn4cnc5cnccc5c4=O)cc3)ccc2n1. The van der Waals surface area contributed by atoms with Gasteiger partial charge in [0.25, 0.3) is 5.56 Å². The van der Waals surface area contributed by atoms with Crippen molar-refractivity contribution < 1.29 is 0 Å². The van der Waals surface area contributed by atoms with Gasteiger partial charge in [0.05, 0.1) is 35.5 Å². The predicted octanol–water partition coefficient (Wildman–Crippen LogP) is 3.39. The molecule has 0 unspecified atom stereocenters. The second-order valence-corrected chi connectivity index (χ2v) is 6.84. The summed E-state index contributed by atoms with van der Waals surface area (Å²) in [5.41, 5.74) is 4.86. The molecule has 6 heteroatoms. The van der Waals surface area contributed by atoms with E-state index in [-0.39, 0.29) is 5.56 Å². The summed E-state index contributed by atoms with van der Waals surface area (Å²) in [6.07, 6.45) is 6.82. The molecule has 0 atom stereocenters. The molecule has 0 radical (unpaired) electrons. The van der Waals surface area contributed by atoms with Crippen LogP contribution in [-0.4, -0.2) is 24.3 Å². The third-order valence-corrected chi connectivity index (χ3v) is 4.89. The summed E-state index contributed by atoms with van der Waals surface area (Å²) in [7, 11) is 1.93. The fourth-order valence-corrected chi connectivity index (χ4v) is 3.45. The molecular weight excluding hydrogens is 350 g/mol. The normalized spacial score (nSPS) is 11.3. The maximum absolute atomic E-state index is 12.6. The Morgan fingerprint density at radius 2 is 1.79 bits per heavy atom. The van der Waals surface area contributed by atoms with Crippen LogP contribution in [0.2, 0.25) is 0 Å². The van der Waals surface area contributed by atoms with E-state index >= 15 is 0 Å². The summed E-state index contributed by atoms with van der Waals surface area (Å²) in [6, 6.07) is 16.2. The van der Waals surface area contributed by atoms with Crippen LogP contribution in [0.15, 0.2) is 78.2 Å². The van der Waals surface area contributed by atoms with Crippen molar-refractivity contribution in [3.05, 3.63) is 89.4 Å². The Bertz CT molecular complexity index is 1370. The molecule has 2 aromatic carbocycles. The molecule has 0 spiro atoms. The molecule has 28 heavy (non-hydrogen) atoms. The molecule has 0 aliphatic rings. The summed E-state index contributed by atoms with van der Waals surface area (Å²) < 4.78 is 3.45. The Labute approximate surface area is 160 Å². The van der Waals surface area contributed by atoms with Crippen LogP contribution in [0.25, 0.3) is 32.9 Å². The number of pyridine rings is 1. The molecule has 0 saturated heterocycles. The standard InChI is InChI=1S/C22H17N5O/c1-26-13-18-10-17(6-7-20(18)25-26)16-4-2-15(3-5-16)12-27-14-24-21-11-23-9-8-19(21)22(27)28/h2-11,13-14H,12H2,1H3. The molecule has 0 amide bonds. The number of nitrogens with zero attached hydrogens (tertiary/aromatic N) is 5. The molecule has 3 aromatic heterocycles. The lowest BCUT2D eigenvalue weighted by Crippen LogP contribution is -2.21. The van der Waals surface area contributed by atoms with E-state index in [4.69, 9.17) is 0 Å². The third-order valence-electron chi connectivity index (χ3n) is 4.89. The van der Waals surface area contributed by atoms with Crippen molar-refractivity contribution >= 4 is 21.8 Å². The molecule has 0 aliphatic heterocycles. The molecule has 0 saturated carbocycles. The molecule has 0 bridgehead atoms. The Hall–Kier alpha value is -3.80. The first-order valence-corrected chi connectivity index (χ1v) is 8.99. The van der Waals surface area contributed by atoms with Gasteiger partial charge in [-0.25, -0.2) is 4.98 Å². The van der Waals surface area contributed by atoms with Crippen molar-refractivity contribution in [2.45, 2.75) is 6.54 Å². The first kappa shape index (κ1) is 16.4. The van der Waals surface area contributed by atoms with Crippen LogP contribution in [0.4, 0.5) is 0 Å². The third kappa shape index (κ3) is 2.85. The van der Waals surface area contributed by atoms with Gasteiger partial charge in [-0.15, -0.1) is 0 Å². The molecule has 0 aliphatic carbocycles. The maximum atomic E-state index is 12.6. The summed E-state index contributed by atoms with van der Waals surface area (Å²) in [5.74, 6) is 0. The molecule has 3 heterocycles. The molecule has 0 fully saturated rings. The van der Waals surface area contributed by atoms with Gasteiger partial charge in [0.1, 0.15) is 0 Å². The Balaban J connectivity index is 1.45. The average molecular weight is 367 g/mol. The average Bonchev–Trinajstić information content (AvgIpc) is 3.10. The maximum Gasteiger partial charge on any atom is 0.261 e. The van der Waals surface area contributed by atoms with E-state index in [1.54, 1.807) is 29.4 Å². The number of hydrogen-bond acceptors (Lipinski definition) is 4. The molecule has 0 N–H and O–H groups in total. The summed E-state index contributed by atoms with van der Waals surface area (Å²) in [6.45, 7) is 0.478. The second kappa shape index (κ2) is 6.42. The van der Waals surface area contributed by atoms with Crippen LogP contribution in [0, 0.1) is 0 Å².